The van der Waals surface area contributed by atoms with Crippen molar-refractivity contribution in [3.05, 3.63) is 30.1 Å². The molecule has 0 aromatic carbocycles. The van der Waals surface area contributed by atoms with Crippen molar-refractivity contribution in [2.45, 2.75) is 18.9 Å². The van der Waals surface area contributed by atoms with Gasteiger partial charge in [-0.2, -0.15) is 10.4 Å². The van der Waals surface area contributed by atoms with Crippen molar-refractivity contribution in [1.82, 2.24) is 20.2 Å². The molecule has 0 bridgehead atoms. The Labute approximate surface area is 173 Å². The zero-order valence-electron chi connectivity index (χ0n) is 16.5. The standard InChI is InChI=1S/C21H22N6O3/c22-13-15-12-17-19(21(24-15)30-16-2-7-28-8-3-16)20(26-25-17)14-1-4-23-18(11-14)27-5-9-29-10-6-27/h1,4,11-12,16H,2-3,5-10H2,(H,25,26). The largest absolute Gasteiger partial charge is 0.474 e. The van der Waals surface area contributed by atoms with E-state index in [4.69, 9.17) is 14.2 Å². The predicted octanol–water partition coefficient (Wildman–Crippen LogP) is 2.29. The molecule has 0 amide bonds. The van der Waals surface area contributed by atoms with Crippen molar-refractivity contribution in [1.29, 1.82) is 5.26 Å². The van der Waals surface area contributed by atoms with Crippen LogP contribution in [0.2, 0.25) is 0 Å². The van der Waals surface area contributed by atoms with Crippen molar-refractivity contribution < 1.29 is 14.2 Å². The molecule has 2 aliphatic heterocycles. The van der Waals surface area contributed by atoms with Crippen LogP contribution in [0.25, 0.3) is 22.2 Å². The van der Waals surface area contributed by atoms with Gasteiger partial charge in [-0.05, 0) is 12.1 Å². The molecule has 2 aliphatic rings. The van der Waals surface area contributed by atoms with Gasteiger partial charge >= 0.3 is 0 Å². The zero-order chi connectivity index (χ0) is 20.3. The average molecular weight is 406 g/mol. The van der Waals surface area contributed by atoms with Crippen molar-refractivity contribution in [3.63, 3.8) is 0 Å². The van der Waals surface area contributed by atoms with Crippen LogP contribution < -0.4 is 9.64 Å². The summed E-state index contributed by atoms with van der Waals surface area (Å²) in [7, 11) is 0. The van der Waals surface area contributed by atoms with Crippen LogP contribution in [0.5, 0.6) is 5.88 Å². The molecule has 5 rings (SSSR count). The highest BCUT2D eigenvalue weighted by molar-refractivity contribution is 5.97. The van der Waals surface area contributed by atoms with Crippen LogP contribution in [0.4, 0.5) is 5.82 Å². The summed E-state index contributed by atoms with van der Waals surface area (Å²) in [5.74, 6) is 1.32. The number of aromatic nitrogens is 4. The lowest BCUT2D eigenvalue weighted by atomic mass is 10.1. The van der Waals surface area contributed by atoms with Crippen molar-refractivity contribution >= 4 is 16.7 Å². The van der Waals surface area contributed by atoms with Crippen LogP contribution >= 0.6 is 0 Å². The summed E-state index contributed by atoms with van der Waals surface area (Å²) in [5, 5.41) is 17.7. The molecule has 30 heavy (non-hydrogen) atoms. The minimum absolute atomic E-state index is 0.00694. The lowest BCUT2D eigenvalue weighted by Gasteiger charge is -2.28. The maximum absolute atomic E-state index is 9.39. The normalized spacial score (nSPS) is 17.8. The molecular weight excluding hydrogens is 384 g/mol. The Balaban J connectivity index is 1.55. The van der Waals surface area contributed by atoms with Gasteiger partial charge < -0.3 is 19.1 Å². The lowest BCUT2D eigenvalue weighted by Crippen LogP contribution is -2.36. The van der Waals surface area contributed by atoms with Crippen LogP contribution in [0.1, 0.15) is 18.5 Å². The van der Waals surface area contributed by atoms with Gasteiger partial charge in [0.1, 0.15) is 29.4 Å². The summed E-state index contributed by atoms with van der Waals surface area (Å²) < 4.78 is 17.1. The van der Waals surface area contributed by atoms with Crippen LogP contribution in [0, 0.1) is 11.3 Å². The molecule has 154 valence electrons. The number of nitrogens with one attached hydrogen (secondary N) is 1. The van der Waals surface area contributed by atoms with Gasteiger partial charge in [0, 0.05) is 43.8 Å². The first kappa shape index (κ1) is 18.8. The monoisotopic (exact) mass is 406 g/mol. The first-order chi connectivity index (χ1) is 14.8. The van der Waals surface area contributed by atoms with Crippen LogP contribution in [-0.4, -0.2) is 65.8 Å². The number of pyridine rings is 2. The van der Waals surface area contributed by atoms with Gasteiger partial charge in [0.05, 0.1) is 37.3 Å². The molecule has 9 nitrogen and oxygen atoms in total. The summed E-state index contributed by atoms with van der Waals surface area (Å²) in [4.78, 5) is 11.2. The third-order valence-corrected chi connectivity index (χ3v) is 5.43. The number of H-pyrrole nitrogens is 1. The fourth-order valence-electron chi connectivity index (χ4n) is 3.84. The van der Waals surface area contributed by atoms with Gasteiger partial charge in [0.2, 0.25) is 5.88 Å². The maximum atomic E-state index is 9.39. The van der Waals surface area contributed by atoms with E-state index in [1.54, 1.807) is 12.3 Å². The highest BCUT2D eigenvalue weighted by Crippen LogP contribution is 2.35. The Kier molecular flexibility index (Phi) is 5.17. The van der Waals surface area contributed by atoms with E-state index < -0.39 is 0 Å². The third kappa shape index (κ3) is 3.67. The fraction of sp³-hybridized carbons (Fsp3) is 0.429. The Bertz CT molecular complexity index is 1080. The number of anilines is 1. The van der Waals surface area contributed by atoms with Crippen LogP contribution in [0.3, 0.4) is 0 Å². The van der Waals surface area contributed by atoms with Crippen LogP contribution in [-0.2, 0) is 9.47 Å². The summed E-state index contributed by atoms with van der Waals surface area (Å²) >= 11 is 0. The lowest BCUT2D eigenvalue weighted by molar-refractivity contribution is 0.0244. The van der Waals surface area contributed by atoms with Gasteiger partial charge in [-0.3, -0.25) is 5.10 Å². The number of ether oxygens (including phenoxy) is 3. The number of nitrogens with zero attached hydrogens (tertiary/aromatic N) is 5. The summed E-state index contributed by atoms with van der Waals surface area (Å²) in [5.41, 5.74) is 2.67. The van der Waals surface area contributed by atoms with Crippen molar-refractivity contribution in [2.24, 2.45) is 0 Å². The predicted molar refractivity (Wildman–Crippen MR) is 109 cm³/mol. The van der Waals surface area contributed by atoms with Crippen molar-refractivity contribution in [3.8, 4) is 23.2 Å². The van der Waals surface area contributed by atoms with E-state index in [1.165, 1.54) is 0 Å². The minimum Gasteiger partial charge on any atom is -0.474 e. The zero-order valence-corrected chi connectivity index (χ0v) is 16.5. The Hall–Kier alpha value is -3.22. The number of aromatic amines is 1. The second-order valence-electron chi connectivity index (χ2n) is 7.35. The number of rotatable bonds is 4. The fourth-order valence-corrected chi connectivity index (χ4v) is 3.84. The van der Waals surface area contributed by atoms with Crippen LogP contribution in [0.15, 0.2) is 24.4 Å². The van der Waals surface area contributed by atoms with E-state index >= 15 is 0 Å². The molecule has 3 aromatic heterocycles. The highest BCUT2D eigenvalue weighted by Gasteiger charge is 2.22. The molecule has 3 aromatic rings. The van der Waals surface area contributed by atoms with Gasteiger partial charge in [0.15, 0.2) is 0 Å². The average Bonchev–Trinajstić information content (AvgIpc) is 3.25. The number of morpholine rings is 1. The quantitative estimate of drug-likeness (QED) is 0.703. The molecule has 2 saturated heterocycles. The molecular formula is C21H22N6O3. The topological polar surface area (TPSA) is 109 Å². The molecule has 1 N–H and O–H groups in total. The molecule has 5 heterocycles. The number of hydrogen-bond acceptors (Lipinski definition) is 8. The molecule has 9 heteroatoms. The summed E-state index contributed by atoms with van der Waals surface area (Å²) in [6.45, 7) is 4.34. The molecule has 0 radical (unpaired) electrons. The third-order valence-electron chi connectivity index (χ3n) is 5.43. The summed E-state index contributed by atoms with van der Waals surface area (Å²) in [6.07, 6.45) is 3.39. The van der Waals surface area contributed by atoms with Gasteiger partial charge in [-0.15, -0.1) is 0 Å². The molecule has 0 saturated carbocycles. The Morgan fingerprint density at radius 1 is 1.13 bits per heavy atom. The smallest absolute Gasteiger partial charge is 0.226 e. The van der Waals surface area contributed by atoms with E-state index in [-0.39, 0.29) is 6.10 Å². The molecule has 0 spiro atoms. The second kappa shape index (κ2) is 8.26. The number of hydrogen-bond donors (Lipinski definition) is 1. The Morgan fingerprint density at radius 2 is 1.93 bits per heavy atom. The maximum Gasteiger partial charge on any atom is 0.226 e. The SMILES string of the molecule is N#Cc1cc2[nH]nc(-c3ccnc(N4CCOCC4)c3)c2c(OC2CCOCC2)n1. The van der Waals surface area contributed by atoms with E-state index in [9.17, 15) is 5.26 Å². The molecule has 0 unspecified atom stereocenters. The van der Waals surface area contributed by atoms with E-state index in [0.29, 0.717) is 38.0 Å². The van der Waals surface area contributed by atoms with E-state index in [0.717, 1.165) is 53.9 Å². The Morgan fingerprint density at radius 3 is 2.73 bits per heavy atom. The second-order valence-corrected chi connectivity index (χ2v) is 7.35. The first-order valence-corrected chi connectivity index (χ1v) is 10.1. The molecule has 0 atom stereocenters. The van der Waals surface area contributed by atoms with Gasteiger partial charge in [0.25, 0.3) is 0 Å². The minimum atomic E-state index is 0.00694. The van der Waals surface area contributed by atoms with E-state index in [2.05, 4.69) is 31.1 Å². The van der Waals surface area contributed by atoms with Gasteiger partial charge in [-0.25, -0.2) is 9.97 Å². The van der Waals surface area contributed by atoms with Gasteiger partial charge in [-0.1, -0.05) is 0 Å². The number of fused-ring (bicyclic) bond motifs is 1. The first-order valence-electron chi connectivity index (χ1n) is 10.1. The molecule has 2 fully saturated rings. The highest BCUT2D eigenvalue weighted by atomic mass is 16.5. The number of nitriles is 1. The summed E-state index contributed by atoms with van der Waals surface area (Å²) in [6, 6.07) is 7.76. The van der Waals surface area contributed by atoms with Crippen molar-refractivity contribution in [2.75, 3.05) is 44.4 Å². The van der Waals surface area contributed by atoms with E-state index in [1.807, 2.05) is 12.1 Å². The molecule has 0 aliphatic carbocycles.